The Balaban J connectivity index is 1.26. The minimum atomic E-state index is -0.960. The van der Waals surface area contributed by atoms with Crippen molar-refractivity contribution in [2.75, 3.05) is 5.32 Å². The molecule has 0 unspecified atom stereocenters. The molecular formula is C24H16BrN5O4S. The van der Waals surface area contributed by atoms with Gasteiger partial charge in [-0.15, -0.1) is 10.2 Å². The lowest BCUT2D eigenvalue weighted by Crippen LogP contribution is -2.32. The molecule has 0 aliphatic heterocycles. The minimum absolute atomic E-state index is 0.196. The number of benzene rings is 3. The van der Waals surface area contributed by atoms with Gasteiger partial charge in [0.25, 0.3) is 0 Å². The largest absolute Gasteiger partial charge is 0.423 e. The van der Waals surface area contributed by atoms with Crippen molar-refractivity contribution >= 4 is 56.4 Å². The molecule has 1 aromatic heterocycles. The smallest absolute Gasteiger partial charge is 0.343 e. The summed E-state index contributed by atoms with van der Waals surface area (Å²) in [5.41, 5.74) is 4.04. The molecular weight excluding hydrogens is 534 g/mol. The number of rotatable bonds is 6. The summed E-state index contributed by atoms with van der Waals surface area (Å²) in [6.07, 6.45) is 1.35. The lowest BCUT2D eigenvalue weighted by atomic mass is 10.2. The van der Waals surface area contributed by atoms with E-state index in [0.717, 1.165) is 21.4 Å². The summed E-state index contributed by atoms with van der Waals surface area (Å²) in [4.78, 5) is 36.2. The average Bonchev–Trinajstić information content (AvgIpc) is 3.34. The van der Waals surface area contributed by atoms with Crippen molar-refractivity contribution < 1.29 is 19.1 Å². The first kappa shape index (κ1) is 23.9. The van der Waals surface area contributed by atoms with Crippen LogP contribution in [0.15, 0.2) is 88.4 Å². The van der Waals surface area contributed by atoms with Gasteiger partial charge in [-0.2, -0.15) is 5.10 Å². The first-order valence-electron chi connectivity index (χ1n) is 10.1. The van der Waals surface area contributed by atoms with Crippen molar-refractivity contribution in [1.82, 2.24) is 15.6 Å². The Kier molecular flexibility index (Phi) is 7.70. The fourth-order valence-electron chi connectivity index (χ4n) is 2.72. The van der Waals surface area contributed by atoms with Crippen LogP contribution in [0.1, 0.15) is 15.9 Å². The third-order valence-corrected chi connectivity index (χ3v) is 5.84. The molecule has 9 nitrogen and oxygen atoms in total. The molecule has 1 heterocycles. The van der Waals surface area contributed by atoms with Crippen LogP contribution >= 0.6 is 27.3 Å². The Hall–Kier alpha value is -4.22. The molecule has 3 aromatic carbocycles. The minimum Gasteiger partial charge on any atom is -0.423 e. The van der Waals surface area contributed by atoms with Crippen molar-refractivity contribution in [3.05, 3.63) is 94.5 Å². The third-order valence-electron chi connectivity index (χ3n) is 4.42. The molecule has 0 spiro atoms. The quantitative estimate of drug-likeness (QED) is 0.122. The molecule has 2 amide bonds. The highest BCUT2D eigenvalue weighted by Crippen LogP contribution is 2.25. The van der Waals surface area contributed by atoms with Gasteiger partial charge < -0.3 is 4.74 Å². The van der Waals surface area contributed by atoms with E-state index in [0.29, 0.717) is 21.9 Å². The van der Waals surface area contributed by atoms with Crippen LogP contribution in [-0.4, -0.2) is 34.2 Å². The molecule has 4 rings (SSSR count). The highest BCUT2D eigenvalue weighted by atomic mass is 79.9. The molecule has 11 heteroatoms. The number of hydrazone groups is 1. The number of nitrogens with one attached hydrogen (secondary N) is 2. The number of aromatic nitrogens is 2. The van der Waals surface area contributed by atoms with Crippen molar-refractivity contribution in [1.29, 1.82) is 0 Å². The average molecular weight is 550 g/mol. The van der Waals surface area contributed by atoms with E-state index in [-0.39, 0.29) is 5.13 Å². The summed E-state index contributed by atoms with van der Waals surface area (Å²) in [5.74, 6) is -2.01. The molecule has 35 heavy (non-hydrogen) atoms. The molecule has 0 saturated carbocycles. The van der Waals surface area contributed by atoms with Crippen LogP contribution in [0.4, 0.5) is 5.13 Å². The Labute approximate surface area is 212 Å². The number of anilines is 1. The van der Waals surface area contributed by atoms with Gasteiger partial charge >= 0.3 is 17.8 Å². The molecule has 0 aliphatic rings. The zero-order chi connectivity index (χ0) is 24.6. The second-order valence-corrected chi connectivity index (χ2v) is 8.79. The maximum atomic E-state index is 12.2. The van der Waals surface area contributed by atoms with Crippen LogP contribution in [-0.2, 0) is 9.59 Å². The van der Waals surface area contributed by atoms with E-state index in [9.17, 15) is 14.4 Å². The summed E-state index contributed by atoms with van der Waals surface area (Å²) in [6.45, 7) is 0. The Morgan fingerprint density at radius 2 is 1.60 bits per heavy atom. The second-order valence-electron chi connectivity index (χ2n) is 6.90. The van der Waals surface area contributed by atoms with Crippen LogP contribution in [0, 0.1) is 0 Å². The molecule has 0 fully saturated rings. The van der Waals surface area contributed by atoms with Gasteiger partial charge in [0.05, 0.1) is 11.8 Å². The van der Waals surface area contributed by atoms with Gasteiger partial charge in [0, 0.05) is 10.0 Å². The number of amides is 2. The van der Waals surface area contributed by atoms with Crippen molar-refractivity contribution in [2.24, 2.45) is 5.10 Å². The van der Waals surface area contributed by atoms with Gasteiger partial charge in [-0.05, 0) is 54.1 Å². The maximum Gasteiger partial charge on any atom is 0.343 e. The molecule has 0 saturated heterocycles. The lowest BCUT2D eigenvalue weighted by molar-refractivity contribution is -0.136. The van der Waals surface area contributed by atoms with Crippen LogP contribution < -0.4 is 15.5 Å². The molecule has 4 aromatic rings. The summed E-state index contributed by atoms with van der Waals surface area (Å²) < 4.78 is 6.19. The zero-order valence-corrected chi connectivity index (χ0v) is 20.2. The number of hydrogen-bond acceptors (Lipinski definition) is 8. The molecule has 174 valence electrons. The summed E-state index contributed by atoms with van der Waals surface area (Å²) >= 11 is 4.46. The number of hydrogen-bond donors (Lipinski definition) is 2. The molecule has 2 N–H and O–H groups in total. The SMILES string of the molecule is O=C(NN=Cc1ccc(OC(=O)c2ccc(Br)cc2)cc1)C(=O)Nc1nnc(-c2ccccc2)s1. The first-order chi connectivity index (χ1) is 17.0. The normalized spacial score (nSPS) is 10.7. The zero-order valence-electron chi connectivity index (χ0n) is 17.8. The first-order valence-corrected chi connectivity index (χ1v) is 11.7. The van der Waals surface area contributed by atoms with E-state index in [4.69, 9.17) is 4.74 Å². The van der Waals surface area contributed by atoms with E-state index >= 15 is 0 Å². The Bertz CT molecular complexity index is 1370. The highest BCUT2D eigenvalue weighted by Gasteiger charge is 2.16. The summed E-state index contributed by atoms with van der Waals surface area (Å²) in [7, 11) is 0. The third kappa shape index (κ3) is 6.65. The predicted octanol–water partition coefficient (Wildman–Crippen LogP) is 4.28. The van der Waals surface area contributed by atoms with Gasteiger partial charge in [-0.25, -0.2) is 10.2 Å². The second kappa shape index (κ2) is 11.3. The molecule has 0 bridgehead atoms. The van der Waals surface area contributed by atoms with Gasteiger partial charge in [-0.3, -0.25) is 14.9 Å². The van der Waals surface area contributed by atoms with Gasteiger partial charge in [-0.1, -0.05) is 57.6 Å². The monoisotopic (exact) mass is 549 g/mol. The number of halogens is 1. The summed E-state index contributed by atoms with van der Waals surface area (Å²) in [6, 6.07) is 22.6. The fraction of sp³-hybridized carbons (Fsp3) is 0. The molecule has 0 atom stereocenters. The standard InChI is InChI=1S/C24H16BrN5O4S/c25-18-10-8-17(9-11-18)23(33)34-19-12-6-15(7-13-19)14-26-28-21(32)20(31)27-24-30-29-22(35-24)16-4-2-1-3-5-16/h1-14H,(H,28,32)(H,27,30,31). The van der Waals surface area contributed by atoms with Crippen molar-refractivity contribution in [2.45, 2.75) is 0 Å². The number of nitrogens with zero attached hydrogens (tertiary/aromatic N) is 3. The number of carbonyl (C=O) groups is 3. The number of carbonyl (C=O) groups excluding carboxylic acids is 3. The van der Waals surface area contributed by atoms with Crippen LogP contribution in [0.2, 0.25) is 0 Å². The van der Waals surface area contributed by atoms with E-state index < -0.39 is 17.8 Å². The van der Waals surface area contributed by atoms with Crippen LogP contribution in [0.3, 0.4) is 0 Å². The Morgan fingerprint density at radius 1 is 0.886 bits per heavy atom. The number of ether oxygens (including phenoxy) is 1. The lowest BCUT2D eigenvalue weighted by Gasteiger charge is -2.04. The van der Waals surface area contributed by atoms with E-state index in [1.165, 1.54) is 6.21 Å². The topological polar surface area (TPSA) is 123 Å². The fourth-order valence-corrected chi connectivity index (χ4v) is 3.72. The summed E-state index contributed by atoms with van der Waals surface area (Å²) in [5, 5.41) is 14.9. The Morgan fingerprint density at radius 3 is 2.31 bits per heavy atom. The van der Waals surface area contributed by atoms with E-state index in [1.807, 2.05) is 30.3 Å². The van der Waals surface area contributed by atoms with E-state index in [1.54, 1.807) is 48.5 Å². The number of esters is 1. The molecule has 0 aliphatic carbocycles. The highest BCUT2D eigenvalue weighted by molar-refractivity contribution is 9.10. The van der Waals surface area contributed by atoms with E-state index in [2.05, 4.69) is 42.0 Å². The van der Waals surface area contributed by atoms with Crippen molar-refractivity contribution in [3.8, 4) is 16.3 Å². The predicted molar refractivity (Wildman–Crippen MR) is 135 cm³/mol. The molecule has 0 radical (unpaired) electrons. The van der Waals surface area contributed by atoms with Crippen molar-refractivity contribution in [3.63, 3.8) is 0 Å². The van der Waals surface area contributed by atoms with Gasteiger partial charge in [0.15, 0.2) is 0 Å². The van der Waals surface area contributed by atoms with Gasteiger partial charge in [0.1, 0.15) is 10.8 Å². The van der Waals surface area contributed by atoms with Crippen LogP contribution in [0.5, 0.6) is 5.75 Å². The van der Waals surface area contributed by atoms with Crippen LogP contribution in [0.25, 0.3) is 10.6 Å². The maximum absolute atomic E-state index is 12.2. The van der Waals surface area contributed by atoms with Gasteiger partial charge in [0.2, 0.25) is 5.13 Å².